The van der Waals surface area contributed by atoms with E-state index in [4.69, 9.17) is 5.73 Å². The molecule has 0 saturated heterocycles. The molecule has 3 nitrogen and oxygen atoms in total. The minimum Gasteiger partial charge on any atom is -0.343 e. The Labute approximate surface area is 117 Å². The maximum Gasteiger partial charge on any atom is 0.222 e. The molecule has 2 aliphatic carbocycles. The van der Waals surface area contributed by atoms with Crippen molar-refractivity contribution in [3.63, 3.8) is 0 Å². The average Bonchev–Trinajstić information content (AvgIpc) is 2.41. The summed E-state index contributed by atoms with van der Waals surface area (Å²) in [6.45, 7) is 2.32. The highest BCUT2D eigenvalue weighted by Gasteiger charge is 2.27. The first-order chi connectivity index (χ1) is 9.06. The highest BCUT2D eigenvalue weighted by atomic mass is 16.2. The van der Waals surface area contributed by atoms with Crippen molar-refractivity contribution in [2.45, 2.75) is 76.8 Å². The van der Waals surface area contributed by atoms with E-state index in [2.05, 4.69) is 6.92 Å². The molecule has 0 aromatic heterocycles. The first-order valence-electron chi connectivity index (χ1n) is 8.07. The summed E-state index contributed by atoms with van der Waals surface area (Å²) in [7, 11) is 2.01. The van der Waals surface area contributed by atoms with E-state index in [0.717, 1.165) is 38.0 Å². The number of hydrogen-bond acceptors (Lipinski definition) is 2. The molecule has 0 unspecified atom stereocenters. The molecule has 0 aliphatic heterocycles. The predicted octanol–water partition coefficient (Wildman–Crippen LogP) is 2.93. The van der Waals surface area contributed by atoms with Crippen LogP contribution in [0, 0.1) is 11.8 Å². The molecule has 0 bridgehead atoms. The van der Waals surface area contributed by atoms with Gasteiger partial charge in [0.1, 0.15) is 0 Å². The molecule has 2 aliphatic rings. The SMILES string of the molecule is CC1CCC(N(C)C(=O)CC2CCC(N)CC2)CC1. The molecule has 0 radical (unpaired) electrons. The monoisotopic (exact) mass is 266 g/mol. The van der Waals surface area contributed by atoms with E-state index in [9.17, 15) is 4.79 Å². The minimum atomic E-state index is 0.361. The van der Waals surface area contributed by atoms with E-state index in [1.807, 2.05) is 11.9 Å². The fourth-order valence-corrected chi connectivity index (χ4v) is 3.62. The van der Waals surface area contributed by atoms with Crippen LogP contribution in [0.2, 0.25) is 0 Å². The first-order valence-corrected chi connectivity index (χ1v) is 8.07. The summed E-state index contributed by atoms with van der Waals surface area (Å²) in [5, 5.41) is 0. The van der Waals surface area contributed by atoms with E-state index < -0.39 is 0 Å². The van der Waals surface area contributed by atoms with E-state index in [0.29, 0.717) is 23.9 Å². The first kappa shape index (κ1) is 14.8. The predicted molar refractivity (Wildman–Crippen MR) is 78.7 cm³/mol. The van der Waals surface area contributed by atoms with E-state index in [-0.39, 0.29) is 0 Å². The summed E-state index contributed by atoms with van der Waals surface area (Å²) < 4.78 is 0. The van der Waals surface area contributed by atoms with E-state index in [1.54, 1.807) is 0 Å². The van der Waals surface area contributed by atoms with Crippen molar-refractivity contribution in [3.05, 3.63) is 0 Å². The van der Waals surface area contributed by atoms with Crippen LogP contribution < -0.4 is 5.73 Å². The van der Waals surface area contributed by atoms with Gasteiger partial charge >= 0.3 is 0 Å². The van der Waals surface area contributed by atoms with E-state index in [1.165, 1.54) is 25.7 Å². The van der Waals surface area contributed by atoms with Gasteiger partial charge in [-0.25, -0.2) is 0 Å². The summed E-state index contributed by atoms with van der Waals surface area (Å²) in [5.74, 6) is 1.79. The molecular formula is C16H30N2O. The molecule has 1 amide bonds. The lowest BCUT2D eigenvalue weighted by Gasteiger charge is -2.35. The Bertz CT molecular complexity index is 289. The van der Waals surface area contributed by atoms with Gasteiger partial charge in [-0.15, -0.1) is 0 Å². The van der Waals surface area contributed by atoms with Crippen LogP contribution in [0.3, 0.4) is 0 Å². The number of amides is 1. The molecular weight excluding hydrogens is 236 g/mol. The Morgan fingerprint density at radius 3 is 2.21 bits per heavy atom. The van der Waals surface area contributed by atoms with Crippen LogP contribution in [0.15, 0.2) is 0 Å². The van der Waals surface area contributed by atoms with Crippen molar-refractivity contribution < 1.29 is 4.79 Å². The molecule has 2 saturated carbocycles. The van der Waals surface area contributed by atoms with Crippen molar-refractivity contribution in [1.29, 1.82) is 0 Å². The third-order valence-corrected chi connectivity index (χ3v) is 5.28. The standard InChI is InChI=1S/C16H30N2O/c1-12-3-9-15(10-4-12)18(2)16(19)11-13-5-7-14(17)8-6-13/h12-15H,3-11,17H2,1-2H3. The van der Waals surface area contributed by atoms with Crippen LogP contribution in [-0.4, -0.2) is 29.9 Å². The summed E-state index contributed by atoms with van der Waals surface area (Å²) in [6, 6.07) is 0.874. The fourth-order valence-electron chi connectivity index (χ4n) is 3.62. The maximum absolute atomic E-state index is 12.4. The lowest BCUT2D eigenvalue weighted by molar-refractivity contribution is -0.134. The zero-order chi connectivity index (χ0) is 13.8. The van der Waals surface area contributed by atoms with Gasteiger partial charge in [-0.3, -0.25) is 4.79 Å². The number of nitrogens with two attached hydrogens (primary N) is 1. The molecule has 3 heteroatoms. The lowest BCUT2D eigenvalue weighted by Crippen LogP contribution is -2.40. The molecule has 0 aromatic rings. The lowest BCUT2D eigenvalue weighted by atomic mass is 9.83. The normalized spacial score (nSPS) is 35.9. The van der Waals surface area contributed by atoms with Crippen LogP contribution >= 0.6 is 0 Å². The molecule has 0 atom stereocenters. The van der Waals surface area contributed by atoms with Crippen LogP contribution in [0.4, 0.5) is 0 Å². The fraction of sp³-hybridized carbons (Fsp3) is 0.938. The highest BCUT2D eigenvalue weighted by Crippen LogP contribution is 2.29. The smallest absolute Gasteiger partial charge is 0.222 e. The van der Waals surface area contributed by atoms with Gasteiger partial charge in [-0.1, -0.05) is 6.92 Å². The van der Waals surface area contributed by atoms with Crippen LogP contribution in [0.1, 0.15) is 64.7 Å². The molecule has 110 valence electrons. The van der Waals surface area contributed by atoms with Crippen molar-refractivity contribution in [2.75, 3.05) is 7.05 Å². The number of carbonyl (C=O) groups excluding carboxylic acids is 1. The number of carbonyl (C=O) groups is 1. The van der Waals surface area contributed by atoms with Crippen molar-refractivity contribution in [2.24, 2.45) is 17.6 Å². The van der Waals surface area contributed by atoms with Crippen LogP contribution in [0.25, 0.3) is 0 Å². The van der Waals surface area contributed by atoms with Crippen LogP contribution in [-0.2, 0) is 4.79 Å². The van der Waals surface area contributed by atoms with Gasteiger partial charge in [-0.05, 0) is 63.2 Å². The number of hydrogen-bond donors (Lipinski definition) is 1. The molecule has 0 spiro atoms. The highest BCUT2D eigenvalue weighted by molar-refractivity contribution is 5.76. The molecule has 19 heavy (non-hydrogen) atoms. The second kappa shape index (κ2) is 6.74. The van der Waals surface area contributed by atoms with E-state index >= 15 is 0 Å². The zero-order valence-corrected chi connectivity index (χ0v) is 12.6. The van der Waals surface area contributed by atoms with Crippen molar-refractivity contribution in [3.8, 4) is 0 Å². The van der Waals surface area contributed by atoms with Crippen molar-refractivity contribution >= 4 is 5.91 Å². The Balaban J connectivity index is 1.76. The summed E-state index contributed by atoms with van der Waals surface area (Å²) in [6.07, 6.45) is 10.2. The molecule has 2 N–H and O–H groups in total. The zero-order valence-electron chi connectivity index (χ0n) is 12.6. The summed E-state index contributed by atoms with van der Waals surface area (Å²) in [5.41, 5.74) is 5.92. The molecule has 2 fully saturated rings. The average molecular weight is 266 g/mol. The molecule has 0 aromatic carbocycles. The van der Waals surface area contributed by atoms with Gasteiger partial charge in [-0.2, -0.15) is 0 Å². The minimum absolute atomic E-state index is 0.361. The Hall–Kier alpha value is -0.570. The second-order valence-electron chi connectivity index (χ2n) is 6.90. The number of rotatable bonds is 3. The van der Waals surface area contributed by atoms with Gasteiger partial charge in [0.25, 0.3) is 0 Å². The maximum atomic E-state index is 12.4. The van der Waals surface area contributed by atoms with Crippen LogP contribution in [0.5, 0.6) is 0 Å². The van der Waals surface area contributed by atoms with Gasteiger partial charge in [0.05, 0.1) is 0 Å². The Morgan fingerprint density at radius 1 is 1.05 bits per heavy atom. The quantitative estimate of drug-likeness (QED) is 0.853. The van der Waals surface area contributed by atoms with Gasteiger partial charge < -0.3 is 10.6 Å². The van der Waals surface area contributed by atoms with Gasteiger partial charge in [0, 0.05) is 25.6 Å². The second-order valence-corrected chi connectivity index (χ2v) is 6.90. The third-order valence-electron chi connectivity index (χ3n) is 5.28. The third kappa shape index (κ3) is 4.20. The largest absolute Gasteiger partial charge is 0.343 e. The number of nitrogens with zero attached hydrogens (tertiary/aromatic N) is 1. The van der Waals surface area contributed by atoms with Crippen molar-refractivity contribution in [1.82, 2.24) is 4.90 Å². The molecule has 2 rings (SSSR count). The summed E-state index contributed by atoms with van der Waals surface area (Å²) >= 11 is 0. The van der Waals surface area contributed by atoms with Gasteiger partial charge in [0.2, 0.25) is 5.91 Å². The summed E-state index contributed by atoms with van der Waals surface area (Å²) in [4.78, 5) is 14.4. The Morgan fingerprint density at radius 2 is 1.63 bits per heavy atom. The molecule has 0 heterocycles. The Kier molecular flexibility index (Phi) is 5.26. The topological polar surface area (TPSA) is 46.3 Å². The van der Waals surface area contributed by atoms with Gasteiger partial charge in [0.15, 0.2) is 0 Å².